The highest BCUT2D eigenvalue weighted by Crippen LogP contribution is 2.13. The molecule has 1 unspecified atom stereocenters. The molecule has 0 heterocycles. The van der Waals surface area contributed by atoms with Crippen molar-refractivity contribution in [3.8, 4) is 0 Å². The van der Waals surface area contributed by atoms with Gasteiger partial charge in [0.15, 0.2) is 0 Å². The Balaban J connectivity index is 2.30. The standard InChI is InChI=1S/C10H14O4/c1-13-6-7-14-9-4-2-8(3-5-9)10(11)12/h2-4,9H,5-7H2,1H3,(H,11,12). The molecule has 0 spiro atoms. The molecule has 1 rings (SSSR count). The van der Waals surface area contributed by atoms with Crippen molar-refractivity contribution in [2.24, 2.45) is 0 Å². The topological polar surface area (TPSA) is 55.8 Å². The van der Waals surface area contributed by atoms with Gasteiger partial charge in [0.1, 0.15) is 0 Å². The fraction of sp³-hybridized carbons (Fsp3) is 0.500. The Morgan fingerprint density at radius 2 is 2.43 bits per heavy atom. The highest BCUT2D eigenvalue weighted by atomic mass is 16.5. The van der Waals surface area contributed by atoms with Crippen LogP contribution in [0.1, 0.15) is 6.42 Å². The largest absolute Gasteiger partial charge is 0.478 e. The SMILES string of the molecule is COCCOC1C=CC(C(=O)O)=CC1. The second-order valence-electron chi connectivity index (χ2n) is 2.96. The van der Waals surface area contributed by atoms with Crippen LogP contribution >= 0.6 is 0 Å². The molecule has 0 fully saturated rings. The van der Waals surface area contributed by atoms with Crippen LogP contribution in [0.2, 0.25) is 0 Å². The number of carboxylic acids is 1. The van der Waals surface area contributed by atoms with Crippen LogP contribution in [-0.2, 0) is 14.3 Å². The van der Waals surface area contributed by atoms with Crippen LogP contribution in [0.15, 0.2) is 23.8 Å². The maximum absolute atomic E-state index is 10.5. The van der Waals surface area contributed by atoms with Crippen LogP contribution in [0.5, 0.6) is 0 Å². The molecular weight excluding hydrogens is 184 g/mol. The van der Waals surface area contributed by atoms with Crippen molar-refractivity contribution in [3.05, 3.63) is 23.8 Å². The predicted octanol–water partition coefficient (Wildman–Crippen LogP) is 0.989. The first kappa shape index (κ1) is 10.9. The molecule has 0 radical (unpaired) electrons. The van der Waals surface area contributed by atoms with Gasteiger partial charge in [0, 0.05) is 7.11 Å². The zero-order valence-corrected chi connectivity index (χ0v) is 8.10. The van der Waals surface area contributed by atoms with Gasteiger partial charge in [-0.2, -0.15) is 0 Å². The molecule has 0 amide bonds. The molecule has 1 N–H and O–H groups in total. The maximum atomic E-state index is 10.5. The lowest BCUT2D eigenvalue weighted by atomic mass is 10.1. The summed E-state index contributed by atoms with van der Waals surface area (Å²) in [6.45, 7) is 1.08. The molecule has 0 aromatic rings. The second kappa shape index (κ2) is 5.57. The lowest BCUT2D eigenvalue weighted by Gasteiger charge is -2.15. The second-order valence-corrected chi connectivity index (χ2v) is 2.96. The van der Waals surface area contributed by atoms with E-state index >= 15 is 0 Å². The Kier molecular flexibility index (Phi) is 4.35. The van der Waals surface area contributed by atoms with Crippen LogP contribution in [0.4, 0.5) is 0 Å². The van der Waals surface area contributed by atoms with Crippen molar-refractivity contribution >= 4 is 5.97 Å². The van der Waals surface area contributed by atoms with E-state index < -0.39 is 5.97 Å². The molecule has 4 heteroatoms. The average molecular weight is 198 g/mol. The summed E-state index contributed by atoms with van der Waals surface area (Å²) in [7, 11) is 1.61. The van der Waals surface area contributed by atoms with Gasteiger partial charge in [0.2, 0.25) is 0 Å². The van der Waals surface area contributed by atoms with Crippen LogP contribution in [0.25, 0.3) is 0 Å². The molecule has 1 aliphatic carbocycles. The smallest absolute Gasteiger partial charge is 0.335 e. The summed E-state index contributed by atoms with van der Waals surface area (Å²) in [4.78, 5) is 10.5. The summed E-state index contributed by atoms with van der Waals surface area (Å²) in [6.07, 6.45) is 5.60. The number of carbonyl (C=O) groups is 1. The molecular formula is C10H14O4. The van der Waals surface area contributed by atoms with Gasteiger partial charge in [-0.1, -0.05) is 12.2 Å². The number of aliphatic carboxylic acids is 1. The Hall–Kier alpha value is -1.13. The van der Waals surface area contributed by atoms with E-state index in [-0.39, 0.29) is 6.10 Å². The van der Waals surface area contributed by atoms with E-state index in [1.807, 2.05) is 0 Å². The van der Waals surface area contributed by atoms with Crippen LogP contribution in [0.3, 0.4) is 0 Å². The van der Waals surface area contributed by atoms with Gasteiger partial charge in [-0.25, -0.2) is 4.79 Å². The minimum atomic E-state index is -0.892. The molecule has 78 valence electrons. The Morgan fingerprint density at radius 3 is 2.93 bits per heavy atom. The van der Waals surface area contributed by atoms with Crippen molar-refractivity contribution in [3.63, 3.8) is 0 Å². The molecule has 14 heavy (non-hydrogen) atoms. The Morgan fingerprint density at radius 1 is 1.64 bits per heavy atom. The summed E-state index contributed by atoms with van der Waals surface area (Å²) >= 11 is 0. The van der Waals surface area contributed by atoms with Gasteiger partial charge >= 0.3 is 5.97 Å². The van der Waals surface area contributed by atoms with Crippen LogP contribution < -0.4 is 0 Å². The zero-order valence-electron chi connectivity index (χ0n) is 8.10. The summed E-state index contributed by atoms with van der Waals surface area (Å²) in [5, 5.41) is 8.66. The van der Waals surface area contributed by atoms with E-state index in [2.05, 4.69) is 0 Å². The molecule has 0 aliphatic heterocycles. The number of ether oxygens (including phenoxy) is 2. The minimum Gasteiger partial charge on any atom is -0.478 e. The number of hydrogen-bond acceptors (Lipinski definition) is 3. The third-order valence-corrected chi connectivity index (χ3v) is 1.93. The van der Waals surface area contributed by atoms with E-state index in [1.54, 1.807) is 25.3 Å². The van der Waals surface area contributed by atoms with E-state index in [0.717, 1.165) is 0 Å². The van der Waals surface area contributed by atoms with Crippen molar-refractivity contribution in [1.29, 1.82) is 0 Å². The maximum Gasteiger partial charge on any atom is 0.335 e. The van der Waals surface area contributed by atoms with Crippen LogP contribution in [-0.4, -0.2) is 37.5 Å². The molecule has 0 aromatic heterocycles. The molecule has 4 nitrogen and oxygen atoms in total. The molecule has 0 bridgehead atoms. The predicted molar refractivity (Wildman–Crippen MR) is 51.1 cm³/mol. The number of rotatable bonds is 5. The molecule has 1 aliphatic rings. The van der Waals surface area contributed by atoms with Gasteiger partial charge in [0.25, 0.3) is 0 Å². The normalized spacial score (nSPS) is 20.6. The Labute approximate surface area is 82.8 Å². The monoisotopic (exact) mass is 198 g/mol. The summed E-state index contributed by atoms with van der Waals surface area (Å²) < 4.78 is 10.2. The van der Waals surface area contributed by atoms with Gasteiger partial charge in [0.05, 0.1) is 24.9 Å². The number of carboxylic acid groups (broad SMARTS) is 1. The van der Waals surface area contributed by atoms with Gasteiger partial charge in [-0.3, -0.25) is 0 Å². The molecule has 0 saturated heterocycles. The van der Waals surface area contributed by atoms with Crippen molar-refractivity contribution in [2.45, 2.75) is 12.5 Å². The quantitative estimate of drug-likeness (QED) is 0.669. The number of hydrogen-bond donors (Lipinski definition) is 1. The first-order valence-electron chi connectivity index (χ1n) is 4.46. The first-order chi connectivity index (χ1) is 6.74. The fourth-order valence-corrected chi connectivity index (χ4v) is 1.17. The molecule has 0 aromatic carbocycles. The zero-order chi connectivity index (χ0) is 10.4. The molecule has 0 saturated carbocycles. The summed E-state index contributed by atoms with van der Waals surface area (Å²) in [5.74, 6) is -0.892. The van der Waals surface area contributed by atoms with Crippen molar-refractivity contribution in [2.75, 3.05) is 20.3 Å². The van der Waals surface area contributed by atoms with Crippen molar-refractivity contribution < 1.29 is 19.4 Å². The third kappa shape index (κ3) is 3.32. The van der Waals surface area contributed by atoms with Crippen LogP contribution in [0, 0.1) is 0 Å². The van der Waals surface area contributed by atoms with E-state index in [0.29, 0.717) is 25.2 Å². The van der Waals surface area contributed by atoms with Gasteiger partial charge in [-0.05, 0) is 12.5 Å². The van der Waals surface area contributed by atoms with Crippen molar-refractivity contribution in [1.82, 2.24) is 0 Å². The highest BCUT2D eigenvalue weighted by Gasteiger charge is 2.12. The minimum absolute atomic E-state index is 0.0201. The van der Waals surface area contributed by atoms with E-state index in [4.69, 9.17) is 14.6 Å². The van der Waals surface area contributed by atoms with Gasteiger partial charge in [-0.15, -0.1) is 0 Å². The van der Waals surface area contributed by atoms with E-state index in [9.17, 15) is 4.79 Å². The fourth-order valence-electron chi connectivity index (χ4n) is 1.17. The lowest BCUT2D eigenvalue weighted by Crippen LogP contribution is -2.16. The lowest BCUT2D eigenvalue weighted by molar-refractivity contribution is -0.132. The Bertz CT molecular complexity index is 255. The highest BCUT2D eigenvalue weighted by molar-refractivity contribution is 5.90. The number of methoxy groups -OCH3 is 1. The summed E-state index contributed by atoms with van der Waals surface area (Å²) in [5.41, 5.74) is 0.330. The third-order valence-electron chi connectivity index (χ3n) is 1.93. The first-order valence-corrected chi connectivity index (χ1v) is 4.46. The van der Waals surface area contributed by atoms with Gasteiger partial charge < -0.3 is 14.6 Å². The molecule has 1 atom stereocenters. The average Bonchev–Trinajstić information content (AvgIpc) is 2.19. The van der Waals surface area contributed by atoms with E-state index in [1.165, 1.54) is 0 Å². The summed E-state index contributed by atoms with van der Waals surface area (Å²) in [6, 6.07) is 0.